The zero-order valence-electron chi connectivity index (χ0n) is 21.2. The second-order valence-electron chi connectivity index (χ2n) is 10.2. The van der Waals surface area contributed by atoms with Gasteiger partial charge in [-0.05, 0) is 43.3 Å². The van der Waals surface area contributed by atoms with Crippen molar-refractivity contribution in [2.75, 3.05) is 5.32 Å². The highest BCUT2D eigenvalue weighted by atomic mass is 32.1. The Morgan fingerprint density at radius 2 is 1.84 bits per heavy atom. The monoisotopic (exact) mass is 505 g/mol. The number of imidazole rings is 1. The number of fused-ring (bicyclic) bond motifs is 2. The van der Waals surface area contributed by atoms with Crippen LogP contribution in [0.1, 0.15) is 25.6 Å². The minimum atomic E-state index is -0.0619. The van der Waals surface area contributed by atoms with Crippen LogP contribution < -0.4 is 5.32 Å². The van der Waals surface area contributed by atoms with Crippen LogP contribution in [0, 0.1) is 12.3 Å². The van der Waals surface area contributed by atoms with Crippen LogP contribution in [0.4, 0.5) is 5.69 Å². The molecule has 0 saturated heterocycles. The van der Waals surface area contributed by atoms with E-state index in [0.717, 1.165) is 50.3 Å². The summed E-state index contributed by atoms with van der Waals surface area (Å²) in [6, 6.07) is 16.5. The number of allylic oxidation sites excluding steroid dienone is 1. The molecule has 0 unspecified atom stereocenters. The molecule has 3 N–H and O–H groups in total. The van der Waals surface area contributed by atoms with Crippen molar-refractivity contribution in [3.63, 3.8) is 0 Å². The number of pyridine rings is 2. The van der Waals surface area contributed by atoms with Gasteiger partial charge in [0.15, 0.2) is 11.5 Å². The van der Waals surface area contributed by atoms with Gasteiger partial charge in [-0.15, -0.1) is 11.3 Å². The summed E-state index contributed by atoms with van der Waals surface area (Å²) in [5, 5.41) is 11.1. The molecule has 184 valence electrons. The molecule has 5 aromatic heterocycles. The Labute approximate surface area is 218 Å². The van der Waals surface area contributed by atoms with Gasteiger partial charge in [0.2, 0.25) is 0 Å². The van der Waals surface area contributed by atoms with Crippen LogP contribution in [0.2, 0.25) is 0 Å². The number of para-hydroxylation sites is 1. The fourth-order valence-electron chi connectivity index (χ4n) is 4.16. The lowest BCUT2D eigenvalue weighted by atomic mass is 9.93. The van der Waals surface area contributed by atoms with E-state index < -0.39 is 0 Å². The van der Waals surface area contributed by atoms with Crippen molar-refractivity contribution in [3.05, 3.63) is 78.1 Å². The van der Waals surface area contributed by atoms with E-state index in [9.17, 15) is 0 Å². The number of anilines is 1. The normalized spacial score (nSPS) is 11.9. The van der Waals surface area contributed by atoms with E-state index in [1.165, 1.54) is 9.75 Å². The van der Waals surface area contributed by atoms with E-state index in [-0.39, 0.29) is 5.41 Å². The molecule has 6 rings (SSSR count). The molecule has 8 heteroatoms. The average molecular weight is 506 g/mol. The summed E-state index contributed by atoms with van der Waals surface area (Å²) in [4.78, 5) is 20.3. The number of H-pyrrole nitrogens is 2. The minimum absolute atomic E-state index is 0.0619. The first-order valence-electron chi connectivity index (χ1n) is 12.1. The molecule has 0 amide bonds. The zero-order valence-corrected chi connectivity index (χ0v) is 22.0. The van der Waals surface area contributed by atoms with Crippen molar-refractivity contribution in [1.29, 1.82) is 0 Å². The first-order valence-corrected chi connectivity index (χ1v) is 12.9. The van der Waals surface area contributed by atoms with Crippen LogP contribution in [0.3, 0.4) is 0 Å². The largest absolute Gasteiger partial charge is 0.358 e. The smallest absolute Gasteiger partial charge is 0.161 e. The second kappa shape index (κ2) is 8.67. The Kier molecular flexibility index (Phi) is 5.42. The van der Waals surface area contributed by atoms with Gasteiger partial charge < -0.3 is 10.3 Å². The number of rotatable bonds is 5. The number of aromatic nitrogens is 6. The van der Waals surface area contributed by atoms with Gasteiger partial charge in [-0.25, -0.2) is 9.97 Å². The molecule has 5 heterocycles. The van der Waals surface area contributed by atoms with E-state index in [2.05, 4.69) is 84.0 Å². The number of benzene rings is 1. The molecule has 0 radical (unpaired) electrons. The van der Waals surface area contributed by atoms with E-state index in [1.54, 1.807) is 17.5 Å². The van der Waals surface area contributed by atoms with Gasteiger partial charge in [0.1, 0.15) is 5.52 Å². The number of aromatic amines is 2. The first-order chi connectivity index (χ1) is 17.8. The van der Waals surface area contributed by atoms with Gasteiger partial charge in [0.05, 0.1) is 34.1 Å². The number of nitrogens with zero attached hydrogens (tertiary/aromatic N) is 4. The fourth-order valence-corrected chi connectivity index (χ4v) is 5.05. The molecule has 0 bridgehead atoms. The molecule has 0 aliphatic heterocycles. The minimum Gasteiger partial charge on any atom is -0.358 e. The number of hydrogen-bond acceptors (Lipinski definition) is 6. The third kappa shape index (κ3) is 4.29. The number of nitrogens with one attached hydrogen (secondary N) is 3. The van der Waals surface area contributed by atoms with Crippen molar-refractivity contribution in [2.45, 2.75) is 27.7 Å². The van der Waals surface area contributed by atoms with Crippen LogP contribution in [0.5, 0.6) is 0 Å². The molecule has 0 aliphatic rings. The van der Waals surface area contributed by atoms with E-state index >= 15 is 0 Å². The van der Waals surface area contributed by atoms with E-state index in [1.807, 2.05) is 30.5 Å². The van der Waals surface area contributed by atoms with Crippen LogP contribution in [-0.4, -0.2) is 30.1 Å². The zero-order chi connectivity index (χ0) is 25.7. The summed E-state index contributed by atoms with van der Waals surface area (Å²) >= 11 is 1.77. The summed E-state index contributed by atoms with van der Waals surface area (Å²) in [5.74, 6) is 0.682. The lowest BCUT2D eigenvalue weighted by Crippen LogP contribution is -2.15. The van der Waals surface area contributed by atoms with Crippen molar-refractivity contribution in [2.24, 2.45) is 5.41 Å². The highest BCUT2D eigenvalue weighted by Gasteiger charge is 2.18. The molecular weight excluding hydrogens is 478 g/mol. The first kappa shape index (κ1) is 23.1. The Bertz CT molecular complexity index is 1780. The predicted octanol–water partition coefficient (Wildman–Crippen LogP) is 7.57. The second-order valence-corrected chi connectivity index (χ2v) is 11.5. The molecule has 7 nitrogen and oxygen atoms in total. The van der Waals surface area contributed by atoms with Gasteiger partial charge in [-0.1, -0.05) is 39.5 Å². The average Bonchev–Trinajstić information content (AvgIpc) is 3.60. The van der Waals surface area contributed by atoms with Crippen molar-refractivity contribution < 1.29 is 0 Å². The van der Waals surface area contributed by atoms with E-state index in [4.69, 9.17) is 9.97 Å². The molecule has 0 aliphatic carbocycles. The Morgan fingerprint density at radius 1 is 0.973 bits per heavy atom. The maximum Gasteiger partial charge on any atom is 0.161 e. The van der Waals surface area contributed by atoms with Gasteiger partial charge in [-0.2, -0.15) is 5.10 Å². The summed E-state index contributed by atoms with van der Waals surface area (Å²) < 4.78 is 0. The Morgan fingerprint density at radius 3 is 2.62 bits per heavy atom. The van der Waals surface area contributed by atoms with E-state index in [0.29, 0.717) is 11.5 Å². The van der Waals surface area contributed by atoms with Crippen molar-refractivity contribution >= 4 is 39.1 Å². The SMILES string of the molecule is C=C(Nc1cncc(-c2ccc3[nH]nc(-c4nc5c(-c6ccc(C)s6)cccc5[nH]4)c3n2)c1)C(C)(C)C. The summed E-state index contributed by atoms with van der Waals surface area (Å²) in [6.07, 6.45) is 3.61. The van der Waals surface area contributed by atoms with Gasteiger partial charge in [-0.3, -0.25) is 10.1 Å². The lowest BCUT2D eigenvalue weighted by molar-refractivity contribution is 0.509. The van der Waals surface area contributed by atoms with Crippen LogP contribution in [-0.2, 0) is 0 Å². The molecule has 37 heavy (non-hydrogen) atoms. The maximum atomic E-state index is 4.96. The van der Waals surface area contributed by atoms with Crippen LogP contribution in [0.15, 0.2) is 73.2 Å². The van der Waals surface area contributed by atoms with Crippen molar-refractivity contribution in [3.8, 4) is 33.2 Å². The van der Waals surface area contributed by atoms with Gasteiger partial charge in [0.25, 0.3) is 0 Å². The molecule has 0 spiro atoms. The molecule has 1 aromatic carbocycles. The summed E-state index contributed by atoms with van der Waals surface area (Å²) in [7, 11) is 0. The summed E-state index contributed by atoms with van der Waals surface area (Å²) in [6.45, 7) is 12.7. The third-order valence-corrected chi connectivity index (χ3v) is 7.42. The molecular formula is C29H27N7S. The standard InChI is InChI=1S/C29H27N7S/c1-16-9-12-24(37-16)20-7-6-8-22-25(20)34-28(33-22)27-26-23(35-36-27)11-10-21(32-26)18-13-19(15-30-14-18)31-17(2)29(3,4)5/h6-15,31H,2H2,1,3-5H3,(H,33,34)(H,35,36). The molecule has 0 saturated carbocycles. The third-order valence-electron chi connectivity index (χ3n) is 6.39. The van der Waals surface area contributed by atoms with Crippen LogP contribution >= 0.6 is 11.3 Å². The quantitative estimate of drug-likeness (QED) is 0.225. The fraction of sp³-hybridized carbons (Fsp3) is 0.172. The molecule has 0 fully saturated rings. The topological polar surface area (TPSA) is 95.2 Å². The lowest BCUT2D eigenvalue weighted by Gasteiger charge is -2.23. The molecule has 6 aromatic rings. The number of hydrogen-bond donors (Lipinski definition) is 3. The molecule has 0 atom stereocenters. The van der Waals surface area contributed by atoms with Gasteiger partial charge >= 0.3 is 0 Å². The van der Waals surface area contributed by atoms with Crippen molar-refractivity contribution in [1.82, 2.24) is 30.1 Å². The summed E-state index contributed by atoms with van der Waals surface area (Å²) in [5.41, 5.74) is 8.73. The highest BCUT2D eigenvalue weighted by molar-refractivity contribution is 7.15. The van der Waals surface area contributed by atoms with Crippen LogP contribution in [0.25, 0.3) is 55.3 Å². The highest BCUT2D eigenvalue weighted by Crippen LogP contribution is 2.35. The number of aryl methyl sites for hydroxylation is 1. The number of thiophene rings is 1. The predicted molar refractivity (Wildman–Crippen MR) is 152 cm³/mol. The maximum absolute atomic E-state index is 4.96. The van der Waals surface area contributed by atoms with Gasteiger partial charge in [0, 0.05) is 38.2 Å². The Hall–Kier alpha value is -4.30. The Balaban J connectivity index is 1.40.